The van der Waals surface area contributed by atoms with Crippen molar-refractivity contribution in [1.29, 1.82) is 0 Å². The molecule has 74 valence electrons. The van der Waals surface area contributed by atoms with Crippen LogP contribution in [0.3, 0.4) is 0 Å². The minimum atomic E-state index is -0.468. The zero-order valence-electron chi connectivity index (χ0n) is 8.37. The second kappa shape index (κ2) is 3.90. The van der Waals surface area contributed by atoms with E-state index < -0.39 is 6.10 Å². The number of ether oxygens (including phenoxy) is 1. The summed E-state index contributed by atoms with van der Waals surface area (Å²) in [6.45, 7) is 5.77. The second-order valence-corrected chi connectivity index (χ2v) is 4.13. The van der Waals surface area contributed by atoms with Gasteiger partial charge in [-0.25, -0.2) is 0 Å². The highest BCUT2D eigenvalue weighted by molar-refractivity contribution is 5.88. The van der Waals surface area contributed by atoms with Gasteiger partial charge in [-0.3, -0.25) is 9.59 Å². The summed E-state index contributed by atoms with van der Waals surface area (Å²) in [4.78, 5) is 22.5. The van der Waals surface area contributed by atoms with Crippen molar-refractivity contribution >= 4 is 11.8 Å². The molecule has 0 aromatic heterocycles. The van der Waals surface area contributed by atoms with Gasteiger partial charge in [0, 0.05) is 12.8 Å². The summed E-state index contributed by atoms with van der Waals surface area (Å²) in [6.07, 6.45) is 0.597. The number of hydrogen-bond acceptors (Lipinski definition) is 3. The highest BCUT2D eigenvalue weighted by Gasteiger charge is 2.35. The number of carbonyl (C=O) groups excluding carboxylic acids is 2. The summed E-state index contributed by atoms with van der Waals surface area (Å²) in [5.74, 6) is 0.0537. The molecule has 2 unspecified atom stereocenters. The molecule has 1 heterocycles. The van der Waals surface area contributed by atoms with E-state index in [2.05, 4.69) is 0 Å². The Hall–Kier alpha value is -0.860. The number of cyclic esters (lactones) is 1. The Morgan fingerprint density at radius 2 is 2.23 bits per heavy atom. The van der Waals surface area contributed by atoms with Gasteiger partial charge >= 0.3 is 5.97 Å². The van der Waals surface area contributed by atoms with Crippen LogP contribution in [0, 0.1) is 11.8 Å². The maximum Gasteiger partial charge on any atom is 0.309 e. The monoisotopic (exact) mass is 184 g/mol. The number of ketones is 1. The van der Waals surface area contributed by atoms with Crippen LogP contribution < -0.4 is 0 Å². The number of rotatable bonds is 3. The molecule has 3 nitrogen and oxygen atoms in total. The van der Waals surface area contributed by atoms with Crippen molar-refractivity contribution in [2.24, 2.45) is 11.8 Å². The second-order valence-electron chi connectivity index (χ2n) is 4.13. The first-order valence-corrected chi connectivity index (χ1v) is 4.74. The van der Waals surface area contributed by atoms with Gasteiger partial charge in [-0.05, 0) is 5.92 Å². The first-order valence-electron chi connectivity index (χ1n) is 4.74. The molecular formula is C10H16O3. The van der Waals surface area contributed by atoms with E-state index in [1.807, 2.05) is 13.8 Å². The maximum absolute atomic E-state index is 11.5. The third-order valence-electron chi connectivity index (χ3n) is 2.20. The summed E-state index contributed by atoms with van der Waals surface area (Å²) in [7, 11) is 0. The van der Waals surface area contributed by atoms with Gasteiger partial charge in [0.25, 0.3) is 0 Å². The molecule has 0 saturated carbocycles. The molecule has 13 heavy (non-hydrogen) atoms. The molecule has 0 amide bonds. The zero-order chi connectivity index (χ0) is 10.0. The lowest BCUT2D eigenvalue weighted by molar-refractivity contribution is -0.149. The molecule has 3 heteroatoms. The standard InChI is InChI=1S/C10H16O3/c1-6(2)4-8(11)9-5-7(3)10(12)13-9/h6-7,9H,4-5H2,1-3H3. The quantitative estimate of drug-likeness (QED) is 0.625. The third kappa shape index (κ3) is 2.54. The first kappa shape index (κ1) is 10.2. The average molecular weight is 184 g/mol. The van der Waals surface area contributed by atoms with Crippen LogP contribution in [0.5, 0.6) is 0 Å². The van der Waals surface area contributed by atoms with Gasteiger partial charge in [-0.15, -0.1) is 0 Å². The molecule has 0 aromatic rings. The van der Waals surface area contributed by atoms with E-state index >= 15 is 0 Å². The molecule has 1 aliphatic heterocycles. The molecule has 1 rings (SSSR count). The summed E-state index contributed by atoms with van der Waals surface area (Å²) >= 11 is 0. The molecule has 0 N–H and O–H groups in total. The fourth-order valence-corrected chi connectivity index (χ4v) is 1.45. The lowest BCUT2D eigenvalue weighted by Crippen LogP contribution is -2.21. The topological polar surface area (TPSA) is 43.4 Å². The fraction of sp³-hybridized carbons (Fsp3) is 0.800. The summed E-state index contributed by atoms with van der Waals surface area (Å²) in [6, 6.07) is 0. The summed E-state index contributed by atoms with van der Waals surface area (Å²) < 4.78 is 4.95. The van der Waals surface area contributed by atoms with Crippen LogP contribution in [0.15, 0.2) is 0 Å². The largest absolute Gasteiger partial charge is 0.454 e. The lowest BCUT2D eigenvalue weighted by atomic mass is 9.99. The Balaban J connectivity index is 2.46. The van der Waals surface area contributed by atoms with Crippen molar-refractivity contribution in [2.75, 3.05) is 0 Å². The Morgan fingerprint density at radius 1 is 1.62 bits per heavy atom. The predicted octanol–water partition coefficient (Wildman–Crippen LogP) is 1.55. The van der Waals surface area contributed by atoms with E-state index in [9.17, 15) is 9.59 Å². The normalized spacial score (nSPS) is 27.8. The summed E-state index contributed by atoms with van der Waals surface area (Å²) in [5, 5.41) is 0. The Kier molecular flexibility index (Phi) is 3.07. The third-order valence-corrected chi connectivity index (χ3v) is 2.20. The molecule has 0 bridgehead atoms. The Bertz CT molecular complexity index is 220. The Labute approximate surface area is 78.5 Å². The van der Waals surface area contributed by atoms with E-state index in [0.717, 1.165) is 0 Å². The lowest BCUT2D eigenvalue weighted by Gasteiger charge is -2.09. The number of hydrogen-bond donors (Lipinski definition) is 0. The highest BCUT2D eigenvalue weighted by Crippen LogP contribution is 2.22. The molecule has 1 aliphatic rings. The van der Waals surface area contributed by atoms with Gasteiger partial charge in [-0.1, -0.05) is 20.8 Å². The predicted molar refractivity (Wildman–Crippen MR) is 48.1 cm³/mol. The Morgan fingerprint density at radius 3 is 2.62 bits per heavy atom. The van der Waals surface area contributed by atoms with Gasteiger partial charge in [0.15, 0.2) is 11.9 Å². The minimum Gasteiger partial charge on any atom is -0.454 e. The van der Waals surface area contributed by atoms with Crippen LogP contribution in [-0.2, 0) is 14.3 Å². The zero-order valence-corrected chi connectivity index (χ0v) is 8.37. The van der Waals surface area contributed by atoms with Gasteiger partial charge in [0.2, 0.25) is 0 Å². The summed E-state index contributed by atoms with van der Waals surface area (Å²) in [5.41, 5.74) is 0. The van der Waals surface area contributed by atoms with Crippen LogP contribution in [0.4, 0.5) is 0 Å². The number of esters is 1. The van der Waals surface area contributed by atoms with Crippen molar-refractivity contribution in [1.82, 2.24) is 0 Å². The van der Waals surface area contributed by atoms with Crippen LogP contribution in [0.1, 0.15) is 33.6 Å². The first-order chi connectivity index (χ1) is 6.00. The van der Waals surface area contributed by atoms with Gasteiger partial charge < -0.3 is 4.74 Å². The van der Waals surface area contributed by atoms with E-state index in [1.165, 1.54) is 0 Å². The molecular weight excluding hydrogens is 168 g/mol. The highest BCUT2D eigenvalue weighted by atomic mass is 16.6. The van der Waals surface area contributed by atoms with E-state index in [-0.39, 0.29) is 17.7 Å². The maximum atomic E-state index is 11.5. The molecule has 0 aromatic carbocycles. The molecule has 0 aliphatic carbocycles. The van der Waals surface area contributed by atoms with Crippen LogP contribution in [-0.4, -0.2) is 17.9 Å². The van der Waals surface area contributed by atoms with Gasteiger partial charge in [0.1, 0.15) is 0 Å². The average Bonchev–Trinajstić information content (AvgIpc) is 2.31. The van der Waals surface area contributed by atoms with Crippen molar-refractivity contribution < 1.29 is 14.3 Å². The molecule has 0 spiro atoms. The number of Topliss-reactive ketones (excluding diaryl/α,β-unsaturated/α-hetero) is 1. The van der Waals surface area contributed by atoms with Crippen molar-refractivity contribution in [3.63, 3.8) is 0 Å². The van der Waals surface area contributed by atoms with Gasteiger partial charge in [-0.2, -0.15) is 0 Å². The van der Waals surface area contributed by atoms with Gasteiger partial charge in [0.05, 0.1) is 5.92 Å². The molecule has 0 radical (unpaired) electrons. The fourth-order valence-electron chi connectivity index (χ4n) is 1.45. The van der Waals surface area contributed by atoms with Crippen molar-refractivity contribution in [2.45, 2.75) is 39.7 Å². The van der Waals surface area contributed by atoms with E-state index in [0.29, 0.717) is 18.8 Å². The van der Waals surface area contributed by atoms with E-state index in [4.69, 9.17) is 4.74 Å². The molecule has 1 fully saturated rings. The number of carbonyl (C=O) groups is 2. The SMILES string of the molecule is CC(C)CC(=O)C1CC(C)C(=O)O1. The van der Waals surface area contributed by atoms with Crippen molar-refractivity contribution in [3.05, 3.63) is 0 Å². The minimum absolute atomic E-state index is 0.0627. The molecule has 2 atom stereocenters. The van der Waals surface area contributed by atoms with Crippen molar-refractivity contribution in [3.8, 4) is 0 Å². The molecule has 1 saturated heterocycles. The van der Waals surface area contributed by atoms with E-state index in [1.54, 1.807) is 6.92 Å². The van der Waals surface area contributed by atoms with Crippen LogP contribution in [0.2, 0.25) is 0 Å². The smallest absolute Gasteiger partial charge is 0.309 e. The van der Waals surface area contributed by atoms with Crippen LogP contribution >= 0.6 is 0 Å². The van der Waals surface area contributed by atoms with Crippen LogP contribution in [0.25, 0.3) is 0 Å².